The predicted molar refractivity (Wildman–Crippen MR) is 127 cm³/mol. The minimum atomic E-state index is -0.588. The third-order valence-corrected chi connectivity index (χ3v) is 5.66. The Morgan fingerprint density at radius 3 is 2.60 bits per heavy atom. The molecule has 1 amide bonds. The number of carbonyl (C=O) groups is 1. The van der Waals surface area contributed by atoms with E-state index in [2.05, 4.69) is 45.5 Å². The summed E-state index contributed by atoms with van der Waals surface area (Å²) in [6, 6.07) is 17.9. The highest BCUT2D eigenvalue weighted by Gasteiger charge is 2.25. The quantitative estimate of drug-likeness (QED) is 0.383. The highest BCUT2D eigenvalue weighted by Crippen LogP contribution is 2.42. The topological polar surface area (TPSA) is 114 Å². The highest BCUT2D eigenvalue weighted by atomic mass is 16.6. The standard InChI is InChI=1S/C26H23N3O3.CO2/c1-16-24(28-26(30)31-17(2)18-7-4-3-5-8-18)23(32-29-16)14-13-21-15-20-9-6-10-22(19-11-12-19)25(20)27-21;2-1-3/h3-10,15,17,19,27H,11-12H2,1-2H3,(H,28,30);. The first-order valence-corrected chi connectivity index (χ1v) is 11.1. The number of para-hydroxylation sites is 1. The number of aromatic nitrogens is 2. The van der Waals surface area contributed by atoms with Crippen LogP contribution in [0.2, 0.25) is 0 Å². The summed E-state index contributed by atoms with van der Waals surface area (Å²) in [4.78, 5) is 32.1. The lowest BCUT2D eigenvalue weighted by molar-refractivity contribution is -0.191. The van der Waals surface area contributed by atoms with Crippen molar-refractivity contribution in [2.45, 2.75) is 38.7 Å². The first kappa shape index (κ1) is 23.6. The van der Waals surface area contributed by atoms with Gasteiger partial charge in [-0.3, -0.25) is 5.32 Å². The number of H-pyrrole nitrogens is 1. The molecule has 1 unspecified atom stereocenters. The molecule has 2 heterocycles. The molecule has 8 nitrogen and oxygen atoms in total. The van der Waals surface area contributed by atoms with Gasteiger partial charge in [0.15, 0.2) is 0 Å². The minimum absolute atomic E-state index is 0.250. The maximum atomic E-state index is 12.4. The molecule has 2 N–H and O–H groups in total. The van der Waals surface area contributed by atoms with Crippen LogP contribution in [0.3, 0.4) is 0 Å². The fraction of sp³-hybridized carbons (Fsp3) is 0.222. The van der Waals surface area contributed by atoms with Gasteiger partial charge in [0, 0.05) is 10.9 Å². The Kier molecular flexibility index (Phi) is 7.10. The molecule has 1 aliphatic carbocycles. The van der Waals surface area contributed by atoms with Gasteiger partial charge in [-0.15, -0.1) is 0 Å². The molecule has 1 aliphatic rings. The summed E-state index contributed by atoms with van der Waals surface area (Å²) in [7, 11) is 0. The third kappa shape index (κ3) is 5.67. The summed E-state index contributed by atoms with van der Waals surface area (Å²) in [6.07, 6.45) is 1.75. The van der Waals surface area contributed by atoms with E-state index < -0.39 is 12.2 Å². The van der Waals surface area contributed by atoms with Gasteiger partial charge >= 0.3 is 12.2 Å². The molecular formula is C27H23N3O5. The largest absolute Gasteiger partial charge is 0.441 e. The van der Waals surface area contributed by atoms with E-state index in [4.69, 9.17) is 18.8 Å². The van der Waals surface area contributed by atoms with Gasteiger partial charge in [0.1, 0.15) is 17.5 Å². The molecule has 2 aromatic heterocycles. The molecule has 0 spiro atoms. The Hall–Kier alpha value is -4.60. The monoisotopic (exact) mass is 469 g/mol. The summed E-state index contributed by atoms with van der Waals surface area (Å²) in [5, 5.41) is 7.82. The van der Waals surface area contributed by atoms with Crippen molar-refractivity contribution >= 4 is 28.8 Å². The molecule has 1 atom stereocenters. The number of aromatic amines is 1. The molecule has 8 heteroatoms. The van der Waals surface area contributed by atoms with E-state index in [1.807, 2.05) is 43.3 Å². The first-order chi connectivity index (χ1) is 17.0. The van der Waals surface area contributed by atoms with Crippen LogP contribution >= 0.6 is 0 Å². The van der Waals surface area contributed by atoms with Crippen molar-refractivity contribution < 1.29 is 23.6 Å². The minimum Gasteiger partial charge on any atom is -0.441 e. The van der Waals surface area contributed by atoms with Crippen LogP contribution in [-0.2, 0) is 14.3 Å². The molecule has 5 rings (SSSR count). The summed E-state index contributed by atoms with van der Waals surface area (Å²) >= 11 is 0. The van der Waals surface area contributed by atoms with Crippen LogP contribution in [0.1, 0.15) is 60.1 Å². The molecule has 0 bridgehead atoms. The Morgan fingerprint density at radius 2 is 1.89 bits per heavy atom. The molecule has 0 saturated heterocycles. The SMILES string of the molecule is Cc1noc(C#Cc2cc3cccc(C4CC4)c3[nH]2)c1NC(=O)OC(C)c1ccccc1.O=C=O. The number of anilines is 1. The van der Waals surface area contributed by atoms with Gasteiger partial charge in [-0.25, -0.2) is 4.79 Å². The van der Waals surface area contributed by atoms with Gasteiger partial charge in [0.05, 0.1) is 5.69 Å². The Bertz CT molecular complexity index is 1430. The van der Waals surface area contributed by atoms with Gasteiger partial charge in [-0.1, -0.05) is 53.7 Å². The van der Waals surface area contributed by atoms with Crippen molar-refractivity contribution in [2.24, 2.45) is 0 Å². The zero-order chi connectivity index (χ0) is 24.8. The lowest BCUT2D eigenvalue weighted by Crippen LogP contribution is -2.16. The van der Waals surface area contributed by atoms with E-state index in [0.29, 0.717) is 17.3 Å². The van der Waals surface area contributed by atoms with Crippen LogP contribution < -0.4 is 5.32 Å². The number of nitrogens with zero attached hydrogens (tertiary/aromatic N) is 1. The number of carbonyl (C=O) groups excluding carboxylic acids is 3. The maximum Gasteiger partial charge on any atom is 0.412 e. The van der Waals surface area contributed by atoms with Crippen molar-refractivity contribution in [2.75, 3.05) is 5.32 Å². The zero-order valence-corrected chi connectivity index (χ0v) is 19.3. The molecule has 0 aliphatic heterocycles. The van der Waals surface area contributed by atoms with Crippen molar-refractivity contribution in [1.82, 2.24) is 10.1 Å². The number of nitrogens with one attached hydrogen (secondary N) is 2. The van der Waals surface area contributed by atoms with E-state index in [1.165, 1.54) is 18.4 Å². The van der Waals surface area contributed by atoms with E-state index in [9.17, 15) is 4.79 Å². The molecule has 4 aromatic rings. The Morgan fingerprint density at radius 1 is 1.14 bits per heavy atom. The number of hydrogen-bond acceptors (Lipinski definition) is 6. The molecule has 35 heavy (non-hydrogen) atoms. The number of aryl methyl sites for hydroxylation is 1. The normalized spacial score (nSPS) is 13.0. The fourth-order valence-corrected chi connectivity index (χ4v) is 3.79. The zero-order valence-electron chi connectivity index (χ0n) is 19.3. The second-order valence-electron chi connectivity index (χ2n) is 8.16. The van der Waals surface area contributed by atoms with Crippen molar-refractivity contribution in [1.29, 1.82) is 0 Å². The molecular weight excluding hydrogens is 446 g/mol. The Balaban J connectivity index is 0.000000917. The summed E-state index contributed by atoms with van der Waals surface area (Å²) in [5.41, 5.74) is 5.14. The predicted octanol–water partition coefficient (Wildman–Crippen LogP) is 5.47. The second kappa shape index (κ2) is 10.6. The van der Waals surface area contributed by atoms with Gasteiger partial charge in [-0.2, -0.15) is 9.59 Å². The number of amides is 1. The lowest BCUT2D eigenvalue weighted by Gasteiger charge is -2.13. The summed E-state index contributed by atoms with van der Waals surface area (Å²) in [6.45, 7) is 3.57. The lowest BCUT2D eigenvalue weighted by atomic mass is 10.1. The average molecular weight is 469 g/mol. The van der Waals surface area contributed by atoms with Crippen molar-refractivity contribution in [3.63, 3.8) is 0 Å². The summed E-state index contributed by atoms with van der Waals surface area (Å²) < 4.78 is 10.8. The van der Waals surface area contributed by atoms with Crippen LogP contribution in [0, 0.1) is 18.8 Å². The number of hydrogen-bond donors (Lipinski definition) is 2. The van der Waals surface area contributed by atoms with Crippen LogP contribution in [-0.4, -0.2) is 22.4 Å². The molecule has 0 radical (unpaired) electrons. The van der Waals surface area contributed by atoms with Gasteiger partial charge in [-0.05, 0) is 61.6 Å². The second-order valence-corrected chi connectivity index (χ2v) is 8.16. The number of ether oxygens (including phenoxy) is 1. The number of benzene rings is 2. The summed E-state index contributed by atoms with van der Waals surface area (Å²) in [5.74, 6) is 7.02. The van der Waals surface area contributed by atoms with Crippen LogP contribution in [0.4, 0.5) is 10.5 Å². The van der Waals surface area contributed by atoms with E-state index in [0.717, 1.165) is 22.2 Å². The van der Waals surface area contributed by atoms with Crippen LogP contribution in [0.25, 0.3) is 10.9 Å². The van der Waals surface area contributed by atoms with E-state index >= 15 is 0 Å². The van der Waals surface area contributed by atoms with Crippen LogP contribution in [0.5, 0.6) is 0 Å². The van der Waals surface area contributed by atoms with Gasteiger partial charge in [0.25, 0.3) is 0 Å². The number of rotatable bonds is 4. The molecule has 176 valence electrons. The Labute approximate surface area is 201 Å². The van der Waals surface area contributed by atoms with E-state index in [1.54, 1.807) is 6.92 Å². The van der Waals surface area contributed by atoms with Crippen LogP contribution in [0.15, 0.2) is 59.1 Å². The third-order valence-electron chi connectivity index (χ3n) is 5.66. The fourth-order valence-electron chi connectivity index (χ4n) is 3.79. The number of fused-ring (bicyclic) bond motifs is 1. The van der Waals surface area contributed by atoms with Gasteiger partial charge in [0.2, 0.25) is 5.76 Å². The molecule has 1 fully saturated rings. The highest BCUT2D eigenvalue weighted by molar-refractivity contribution is 5.87. The van der Waals surface area contributed by atoms with Crippen molar-refractivity contribution in [3.05, 3.63) is 82.9 Å². The first-order valence-electron chi connectivity index (χ1n) is 11.1. The van der Waals surface area contributed by atoms with Gasteiger partial charge < -0.3 is 14.2 Å². The molecule has 1 saturated carbocycles. The molecule has 2 aromatic carbocycles. The van der Waals surface area contributed by atoms with Crippen molar-refractivity contribution in [3.8, 4) is 11.8 Å². The van der Waals surface area contributed by atoms with E-state index in [-0.39, 0.29) is 11.9 Å². The maximum absolute atomic E-state index is 12.4. The smallest absolute Gasteiger partial charge is 0.412 e. The average Bonchev–Trinajstić information content (AvgIpc) is 3.53.